The van der Waals surface area contributed by atoms with Crippen LogP contribution >= 0.6 is 0 Å². The maximum atomic E-state index is 13.5. The van der Waals surface area contributed by atoms with E-state index in [1.807, 2.05) is 18.2 Å². The number of imidazole rings is 1. The molecular weight excluding hydrogens is 393 g/mol. The number of nitrogens with one attached hydrogen (secondary N) is 2. The third kappa shape index (κ3) is 3.30. The summed E-state index contributed by atoms with van der Waals surface area (Å²) in [5.74, 6) is 1.33. The van der Waals surface area contributed by atoms with Gasteiger partial charge in [-0.1, -0.05) is 13.0 Å². The predicted molar refractivity (Wildman–Crippen MR) is 107 cm³/mol. The highest BCUT2D eigenvalue weighted by atomic mass is 19.4. The summed E-state index contributed by atoms with van der Waals surface area (Å²) in [6, 6.07) is 5.93. The molecule has 2 fully saturated rings. The fourth-order valence-corrected chi connectivity index (χ4v) is 4.27. The first kappa shape index (κ1) is 19.3. The van der Waals surface area contributed by atoms with Gasteiger partial charge in [0.25, 0.3) is 0 Å². The Labute approximate surface area is 171 Å². The van der Waals surface area contributed by atoms with Crippen LogP contribution in [0.2, 0.25) is 0 Å². The Morgan fingerprint density at radius 3 is 2.73 bits per heavy atom. The minimum atomic E-state index is -4.30. The summed E-state index contributed by atoms with van der Waals surface area (Å²) in [7, 11) is 0. The van der Waals surface area contributed by atoms with Crippen LogP contribution in [0.1, 0.15) is 31.9 Å². The molecule has 2 atom stereocenters. The lowest BCUT2D eigenvalue weighted by Gasteiger charge is -2.28. The van der Waals surface area contributed by atoms with Crippen LogP contribution in [-0.2, 0) is 5.41 Å². The Balaban J connectivity index is 1.47. The maximum absolute atomic E-state index is 13.5. The molecule has 0 aromatic carbocycles. The molecule has 0 bridgehead atoms. The van der Waals surface area contributed by atoms with Crippen molar-refractivity contribution in [3.05, 3.63) is 42.5 Å². The number of aromatic nitrogens is 4. The molecule has 2 unspecified atom stereocenters. The van der Waals surface area contributed by atoms with Gasteiger partial charge in [0.1, 0.15) is 11.2 Å². The van der Waals surface area contributed by atoms with Gasteiger partial charge in [-0.05, 0) is 43.9 Å². The van der Waals surface area contributed by atoms with Gasteiger partial charge in [-0.15, -0.1) is 0 Å². The monoisotopic (exact) mass is 416 g/mol. The van der Waals surface area contributed by atoms with Gasteiger partial charge in [0, 0.05) is 18.8 Å². The number of piperidine rings is 1. The van der Waals surface area contributed by atoms with Crippen molar-refractivity contribution in [1.29, 1.82) is 0 Å². The molecular formula is C21H23F3N6. The van der Waals surface area contributed by atoms with E-state index in [-0.39, 0.29) is 24.6 Å². The summed E-state index contributed by atoms with van der Waals surface area (Å²) in [5.41, 5.74) is 0.00349. The van der Waals surface area contributed by atoms with Gasteiger partial charge in [-0.2, -0.15) is 13.2 Å². The van der Waals surface area contributed by atoms with Crippen molar-refractivity contribution in [2.24, 2.45) is 5.92 Å². The summed E-state index contributed by atoms with van der Waals surface area (Å²) < 4.78 is 42.3. The van der Waals surface area contributed by atoms with Crippen LogP contribution in [0.25, 0.3) is 17.0 Å². The van der Waals surface area contributed by atoms with Crippen molar-refractivity contribution in [3.63, 3.8) is 0 Å². The Morgan fingerprint density at radius 2 is 2.00 bits per heavy atom. The zero-order valence-electron chi connectivity index (χ0n) is 16.6. The van der Waals surface area contributed by atoms with Crippen molar-refractivity contribution >= 4 is 11.5 Å². The van der Waals surface area contributed by atoms with E-state index in [1.54, 1.807) is 10.6 Å². The molecule has 158 valence electrons. The largest absolute Gasteiger partial charge is 0.399 e. The predicted octanol–water partition coefficient (Wildman–Crippen LogP) is 3.80. The van der Waals surface area contributed by atoms with E-state index >= 15 is 0 Å². The van der Waals surface area contributed by atoms with Gasteiger partial charge in [-0.3, -0.25) is 9.38 Å². The molecule has 1 aliphatic carbocycles. The molecule has 2 N–H and O–H groups in total. The molecule has 3 aromatic rings. The van der Waals surface area contributed by atoms with Gasteiger partial charge in [0.05, 0.1) is 29.5 Å². The number of pyridine rings is 1. The highest BCUT2D eigenvalue weighted by Gasteiger charge is 2.65. The average molecular weight is 416 g/mol. The SMILES string of the molecule is CC1CNCC(Nc2cccc(-c3cnc4cnc(C5(C(F)(F)F)CC5)cn34)n2)C1. The van der Waals surface area contributed by atoms with E-state index in [1.165, 1.54) is 12.4 Å². The van der Waals surface area contributed by atoms with E-state index in [4.69, 9.17) is 4.98 Å². The van der Waals surface area contributed by atoms with Crippen LogP contribution in [0.5, 0.6) is 0 Å². The number of alkyl halides is 3. The van der Waals surface area contributed by atoms with Crippen molar-refractivity contribution in [1.82, 2.24) is 24.7 Å². The summed E-state index contributed by atoms with van der Waals surface area (Å²) in [6.45, 7) is 4.10. The molecule has 1 saturated heterocycles. The fraction of sp³-hybridized carbons (Fsp3) is 0.476. The first-order chi connectivity index (χ1) is 14.4. The second-order valence-corrected chi connectivity index (χ2v) is 8.47. The van der Waals surface area contributed by atoms with Gasteiger partial charge in [0.2, 0.25) is 0 Å². The number of nitrogens with zero attached hydrogens (tertiary/aromatic N) is 4. The maximum Gasteiger partial charge on any atom is 0.399 e. The Morgan fingerprint density at radius 1 is 1.17 bits per heavy atom. The summed E-state index contributed by atoms with van der Waals surface area (Å²) >= 11 is 0. The highest BCUT2D eigenvalue weighted by molar-refractivity contribution is 5.62. The zero-order valence-corrected chi connectivity index (χ0v) is 16.6. The average Bonchev–Trinajstić information content (AvgIpc) is 3.43. The summed E-state index contributed by atoms with van der Waals surface area (Å²) in [6.07, 6.45) is 1.40. The summed E-state index contributed by atoms with van der Waals surface area (Å²) in [5, 5.41) is 6.87. The van der Waals surface area contributed by atoms with Crippen molar-refractivity contribution in [3.8, 4) is 11.4 Å². The Bertz CT molecular complexity index is 1070. The molecule has 2 aliphatic rings. The molecule has 0 radical (unpaired) electrons. The second-order valence-electron chi connectivity index (χ2n) is 8.47. The third-order valence-corrected chi connectivity index (χ3v) is 6.11. The van der Waals surface area contributed by atoms with Crippen LogP contribution in [0.4, 0.5) is 19.0 Å². The van der Waals surface area contributed by atoms with Crippen molar-refractivity contribution in [2.75, 3.05) is 18.4 Å². The van der Waals surface area contributed by atoms with Gasteiger partial charge in [-0.25, -0.2) is 9.97 Å². The minimum absolute atomic E-state index is 0.0401. The normalized spacial score (nSPS) is 23.5. The number of hydrogen-bond donors (Lipinski definition) is 2. The van der Waals surface area contributed by atoms with Crippen LogP contribution in [-0.4, -0.2) is 44.7 Å². The van der Waals surface area contributed by atoms with E-state index in [9.17, 15) is 13.2 Å². The molecule has 1 saturated carbocycles. The Kier molecular flexibility index (Phi) is 4.46. The standard InChI is InChI=1S/C21H23F3N6/c1-13-7-14(9-25-8-13)28-18-4-2-3-15(29-18)16-10-27-19-11-26-17(12-30(16)19)20(5-6-20)21(22,23)24/h2-4,10-14,25H,5-9H2,1H3,(H,28,29). The number of hydrogen-bond acceptors (Lipinski definition) is 5. The van der Waals surface area contributed by atoms with Crippen LogP contribution in [0.3, 0.4) is 0 Å². The number of anilines is 1. The van der Waals surface area contributed by atoms with Crippen LogP contribution in [0, 0.1) is 5.92 Å². The topological polar surface area (TPSA) is 67.1 Å². The fourth-order valence-electron chi connectivity index (χ4n) is 4.27. The molecule has 0 amide bonds. The molecule has 9 heteroatoms. The van der Waals surface area contributed by atoms with Crippen LogP contribution in [0.15, 0.2) is 36.8 Å². The smallest absolute Gasteiger partial charge is 0.366 e. The minimum Gasteiger partial charge on any atom is -0.366 e. The van der Waals surface area contributed by atoms with E-state index < -0.39 is 11.6 Å². The number of halogens is 3. The van der Waals surface area contributed by atoms with E-state index in [2.05, 4.69) is 27.5 Å². The Hall–Kier alpha value is -2.68. The van der Waals surface area contributed by atoms with Gasteiger partial charge in [0.15, 0.2) is 5.65 Å². The van der Waals surface area contributed by atoms with E-state index in [0.29, 0.717) is 23.0 Å². The first-order valence-corrected chi connectivity index (χ1v) is 10.2. The lowest BCUT2D eigenvalue weighted by molar-refractivity contribution is -0.161. The molecule has 6 nitrogen and oxygen atoms in total. The van der Waals surface area contributed by atoms with E-state index in [0.717, 1.165) is 25.3 Å². The number of rotatable bonds is 4. The molecule has 0 spiro atoms. The number of fused-ring (bicyclic) bond motifs is 1. The zero-order chi connectivity index (χ0) is 20.9. The second kappa shape index (κ2) is 6.94. The first-order valence-electron chi connectivity index (χ1n) is 10.2. The molecule has 1 aliphatic heterocycles. The molecule has 30 heavy (non-hydrogen) atoms. The molecule has 5 rings (SSSR count). The highest BCUT2D eigenvalue weighted by Crippen LogP contribution is 2.58. The van der Waals surface area contributed by atoms with Crippen LogP contribution < -0.4 is 10.6 Å². The van der Waals surface area contributed by atoms with Crippen molar-refractivity contribution < 1.29 is 13.2 Å². The van der Waals surface area contributed by atoms with Gasteiger partial charge >= 0.3 is 6.18 Å². The lowest BCUT2D eigenvalue weighted by atomic mass is 9.98. The van der Waals surface area contributed by atoms with Gasteiger partial charge < -0.3 is 10.6 Å². The summed E-state index contributed by atoms with van der Waals surface area (Å²) in [4.78, 5) is 13.1. The lowest BCUT2D eigenvalue weighted by Crippen LogP contribution is -2.42. The molecule has 3 aromatic heterocycles. The third-order valence-electron chi connectivity index (χ3n) is 6.11. The van der Waals surface area contributed by atoms with Crippen molar-refractivity contribution in [2.45, 2.75) is 43.8 Å². The molecule has 4 heterocycles. The quantitative estimate of drug-likeness (QED) is 0.677.